The topological polar surface area (TPSA) is 73.5 Å². The molecule has 0 saturated carbocycles. The van der Waals surface area contributed by atoms with Crippen LogP contribution in [0.3, 0.4) is 0 Å². The molecule has 6 heteroatoms. The van der Waals surface area contributed by atoms with E-state index in [0.29, 0.717) is 13.1 Å². The van der Waals surface area contributed by atoms with Gasteiger partial charge in [0, 0.05) is 32.2 Å². The van der Waals surface area contributed by atoms with Gasteiger partial charge in [-0.1, -0.05) is 18.6 Å². The third kappa shape index (κ3) is 7.00. The molecule has 0 bridgehead atoms. The molecule has 1 saturated heterocycles. The molecule has 0 aliphatic carbocycles. The van der Waals surface area contributed by atoms with Crippen molar-refractivity contribution < 1.29 is 9.59 Å². The number of amides is 3. The van der Waals surface area contributed by atoms with Crippen LogP contribution in [0.2, 0.25) is 0 Å². The van der Waals surface area contributed by atoms with Crippen molar-refractivity contribution in [2.75, 3.05) is 38.0 Å². The Morgan fingerprint density at radius 3 is 2.33 bits per heavy atom. The summed E-state index contributed by atoms with van der Waals surface area (Å²) in [5.74, 6) is -0.0781. The maximum absolute atomic E-state index is 11.8. The normalized spacial score (nSPS) is 14.9. The second-order valence-electron chi connectivity index (χ2n) is 6.21. The summed E-state index contributed by atoms with van der Waals surface area (Å²) < 4.78 is 0. The van der Waals surface area contributed by atoms with E-state index in [-0.39, 0.29) is 11.9 Å². The predicted octanol–water partition coefficient (Wildman–Crippen LogP) is 1.97. The number of likely N-dealkylation sites (tertiary alicyclic amines) is 1. The highest BCUT2D eigenvalue weighted by molar-refractivity contribution is 5.88. The second-order valence-corrected chi connectivity index (χ2v) is 6.21. The summed E-state index contributed by atoms with van der Waals surface area (Å²) in [7, 11) is 0. The van der Waals surface area contributed by atoms with Crippen molar-refractivity contribution in [2.24, 2.45) is 0 Å². The molecule has 6 nitrogen and oxygen atoms in total. The highest BCUT2D eigenvalue weighted by Gasteiger charge is 2.09. The standard InChI is InChI=1S/C18H28N4O2/c1-15(23)21-17-7-5-16(6-8-17)9-10-19-18(24)20-11-14-22-12-3-2-4-13-22/h5-8H,2-4,9-14H2,1H3,(H,21,23)(H2,19,20,24). The number of nitrogens with one attached hydrogen (secondary N) is 3. The fourth-order valence-electron chi connectivity index (χ4n) is 2.85. The molecule has 0 radical (unpaired) electrons. The lowest BCUT2D eigenvalue weighted by Crippen LogP contribution is -2.42. The Morgan fingerprint density at radius 1 is 1.00 bits per heavy atom. The van der Waals surface area contributed by atoms with Crippen LogP contribution < -0.4 is 16.0 Å². The summed E-state index contributed by atoms with van der Waals surface area (Å²) in [6.45, 7) is 6.00. The van der Waals surface area contributed by atoms with Gasteiger partial charge in [0.2, 0.25) is 5.91 Å². The van der Waals surface area contributed by atoms with Crippen LogP contribution in [-0.4, -0.2) is 49.6 Å². The van der Waals surface area contributed by atoms with E-state index in [1.165, 1.54) is 26.2 Å². The number of hydrogen-bond acceptors (Lipinski definition) is 3. The lowest BCUT2D eigenvalue weighted by molar-refractivity contribution is -0.114. The van der Waals surface area contributed by atoms with Crippen molar-refractivity contribution in [1.82, 2.24) is 15.5 Å². The van der Waals surface area contributed by atoms with Crippen LogP contribution in [0.5, 0.6) is 0 Å². The molecular formula is C18H28N4O2. The molecule has 3 amide bonds. The molecule has 1 aliphatic rings. The van der Waals surface area contributed by atoms with Crippen LogP contribution in [0.15, 0.2) is 24.3 Å². The van der Waals surface area contributed by atoms with Gasteiger partial charge in [0.25, 0.3) is 0 Å². The zero-order chi connectivity index (χ0) is 17.2. The van der Waals surface area contributed by atoms with Crippen LogP contribution in [0.1, 0.15) is 31.7 Å². The molecule has 132 valence electrons. The SMILES string of the molecule is CC(=O)Nc1ccc(CCNC(=O)NCCN2CCCCC2)cc1. The largest absolute Gasteiger partial charge is 0.338 e. The van der Waals surface area contributed by atoms with Gasteiger partial charge < -0.3 is 20.9 Å². The van der Waals surface area contributed by atoms with Crippen molar-refractivity contribution in [3.8, 4) is 0 Å². The Balaban J connectivity index is 1.57. The maximum Gasteiger partial charge on any atom is 0.314 e. The average Bonchev–Trinajstić information content (AvgIpc) is 2.57. The van der Waals surface area contributed by atoms with Crippen LogP contribution in [-0.2, 0) is 11.2 Å². The van der Waals surface area contributed by atoms with E-state index >= 15 is 0 Å². The number of rotatable bonds is 7. The van der Waals surface area contributed by atoms with E-state index in [1.807, 2.05) is 24.3 Å². The quantitative estimate of drug-likeness (QED) is 0.715. The minimum atomic E-state index is -0.109. The maximum atomic E-state index is 11.8. The summed E-state index contributed by atoms with van der Waals surface area (Å²) in [5.41, 5.74) is 1.91. The first-order chi connectivity index (χ1) is 11.6. The summed E-state index contributed by atoms with van der Waals surface area (Å²) in [5, 5.41) is 8.52. The molecule has 0 aromatic heterocycles. The monoisotopic (exact) mass is 332 g/mol. The van der Waals surface area contributed by atoms with E-state index in [9.17, 15) is 9.59 Å². The Hall–Kier alpha value is -2.08. The third-order valence-corrected chi connectivity index (χ3v) is 4.14. The molecule has 0 atom stereocenters. The Labute approximate surface area is 144 Å². The van der Waals surface area contributed by atoms with Gasteiger partial charge in [-0.3, -0.25) is 4.79 Å². The highest BCUT2D eigenvalue weighted by atomic mass is 16.2. The number of nitrogens with zero attached hydrogens (tertiary/aromatic N) is 1. The van der Waals surface area contributed by atoms with Gasteiger partial charge in [-0.25, -0.2) is 4.79 Å². The van der Waals surface area contributed by atoms with E-state index in [4.69, 9.17) is 0 Å². The number of hydrogen-bond donors (Lipinski definition) is 3. The van der Waals surface area contributed by atoms with E-state index in [2.05, 4.69) is 20.9 Å². The molecule has 0 spiro atoms. The summed E-state index contributed by atoms with van der Waals surface area (Å²) in [6.07, 6.45) is 4.63. The molecule has 1 heterocycles. The molecular weight excluding hydrogens is 304 g/mol. The van der Waals surface area contributed by atoms with Crippen LogP contribution in [0, 0.1) is 0 Å². The van der Waals surface area contributed by atoms with Crippen LogP contribution in [0.25, 0.3) is 0 Å². The molecule has 1 aromatic carbocycles. The number of carbonyl (C=O) groups excluding carboxylic acids is 2. The highest BCUT2D eigenvalue weighted by Crippen LogP contribution is 2.09. The van der Waals surface area contributed by atoms with Gasteiger partial charge in [0.15, 0.2) is 0 Å². The fourth-order valence-corrected chi connectivity index (χ4v) is 2.85. The second kappa shape index (κ2) is 9.93. The molecule has 3 N–H and O–H groups in total. The minimum absolute atomic E-state index is 0.0781. The zero-order valence-electron chi connectivity index (χ0n) is 14.4. The first-order valence-corrected chi connectivity index (χ1v) is 8.74. The van der Waals surface area contributed by atoms with Crippen molar-refractivity contribution in [3.05, 3.63) is 29.8 Å². The fraction of sp³-hybridized carbons (Fsp3) is 0.556. The molecule has 2 rings (SSSR count). The van der Waals surface area contributed by atoms with E-state index in [1.54, 1.807) is 0 Å². The molecule has 1 aliphatic heterocycles. The third-order valence-electron chi connectivity index (χ3n) is 4.14. The van der Waals surface area contributed by atoms with Gasteiger partial charge in [0.1, 0.15) is 0 Å². The average molecular weight is 332 g/mol. The first kappa shape index (κ1) is 18.3. The summed E-state index contributed by atoms with van der Waals surface area (Å²) >= 11 is 0. The lowest BCUT2D eigenvalue weighted by Gasteiger charge is -2.26. The minimum Gasteiger partial charge on any atom is -0.338 e. The van der Waals surface area contributed by atoms with E-state index in [0.717, 1.165) is 37.3 Å². The summed E-state index contributed by atoms with van der Waals surface area (Å²) in [6, 6.07) is 7.55. The van der Waals surface area contributed by atoms with Gasteiger partial charge in [-0.2, -0.15) is 0 Å². The predicted molar refractivity (Wildman–Crippen MR) is 96.1 cm³/mol. The number of benzene rings is 1. The van der Waals surface area contributed by atoms with Gasteiger partial charge in [0.05, 0.1) is 0 Å². The van der Waals surface area contributed by atoms with Crippen LogP contribution in [0.4, 0.5) is 10.5 Å². The zero-order valence-corrected chi connectivity index (χ0v) is 14.4. The lowest BCUT2D eigenvalue weighted by atomic mass is 10.1. The van der Waals surface area contributed by atoms with Crippen molar-refractivity contribution in [1.29, 1.82) is 0 Å². The Morgan fingerprint density at radius 2 is 1.67 bits per heavy atom. The molecule has 0 unspecified atom stereocenters. The molecule has 24 heavy (non-hydrogen) atoms. The Kier molecular flexibility index (Phi) is 7.55. The molecule has 1 aromatic rings. The van der Waals surface area contributed by atoms with Crippen molar-refractivity contribution in [2.45, 2.75) is 32.6 Å². The van der Waals surface area contributed by atoms with Crippen LogP contribution >= 0.6 is 0 Å². The molecule has 1 fully saturated rings. The number of piperidine rings is 1. The first-order valence-electron chi connectivity index (χ1n) is 8.74. The van der Waals surface area contributed by atoms with Gasteiger partial charge in [-0.15, -0.1) is 0 Å². The van der Waals surface area contributed by atoms with Gasteiger partial charge in [-0.05, 0) is 50.0 Å². The van der Waals surface area contributed by atoms with Crippen molar-refractivity contribution >= 4 is 17.6 Å². The number of urea groups is 1. The number of carbonyl (C=O) groups is 2. The number of anilines is 1. The van der Waals surface area contributed by atoms with E-state index < -0.39 is 0 Å². The smallest absolute Gasteiger partial charge is 0.314 e. The summed E-state index contributed by atoms with van der Waals surface area (Å²) in [4.78, 5) is 25.1. The van der Waals surface area contributed by atoms with Gasteiger partial charge >= 0.3 is 6.03 Å². The Bertz CT molecular complexity index is 524. The van der Waals surface area contributed by atoms with Crippen molar-refractivity contribution in [3.63, 3.8) is 0 Å².